The Balaban J connectivity index is 3.94. The monoisotopic (exact) mass is 203 g/mol. The molecule has 0 saturated heterocycles. The minimum atomic E-state index is -1.31. The van der Waals surface area contributed by atoms with Gasteiger partial charge < -0.3 is 10.2 Å². The molecule has 0 radical (unpaired) electrons. The zero-order valence-corrected chi connectivity index (χ0v) is 7.12. The van der Waals surface area contributed by atoms with Crippen LogP contribution >= 0.6 is 0 Å². The van der Waals surface area contributed by atoms with Crippen molar-refractivity contribution in [2.24, 2.45) is 0 Å². The lowest BCUT2D eigenvalue weighted by molar-refractivity contribution is -0.402. The van der Waals surface area contributed by atoms with Crippen molar-refractivity contribution in [3.63, 3.8) is 0 Å². The molecule has 0 bridgehead atoms. The SMILES string of the molecule is O=C(O)CC(=O)C[C@H](O)C=C[N+](=O)[O-]. The van der Waals surface area contributed by atoms with E-state index >= 15 is 0 Å². The van der Waals surface area contributed by atoms with Crippen molar-refractivity contribution in [3.8, 4) is 0 Å². The molecule has 0 aliphatic heterocycles. The van der Waals surface area contributed by atoms with E-state index in [0.717, 1.165) is 6.08 Å². The molecule has 78 valence electrons. The first-order chi connectivity index (χ1) is 6.41. The number of ketones is 1. The maximum atomic E-state index is 10.8. The second-order valence-electron chi connectivity index (χ2n) is 2.51. The van der Waals surface area contributed by atoms with Crippen LogP contribution in [0.25, 0.3) is 0 Å². The molecular weight excluding hydrogens is 194 g/mol. The molecule has 0 aliphatic carbocycles. The number of rotatable bonds is 6. The van der Waals surface area contributed by atoms with Crippen LogP contribution in [-0.2, 0) is 9.59 Å². The molecule has 0 rings (SSSR count). The summed E-state index contributed by atoms with van der Waals surface area (Å²) in [7, 11) is 0. The van der Waals surface area contributed by atoms with Crippen LogP contribution in [0.5, 0.6) is 0 Å². The number of carbonyl (C=O) groups is 2. The van der Waals surface area contributed by atoms with Crippen molar-refractivity contribution in [1.82, 2.24) is 0 Å². The molecule has 0 aliphatic rings. The number of carboxylic acids is 1. The summed E-state index contributed by atoms with van der Waals surface area (Å²) < 4.78 is 0. The van der Waals surface area contributed by atoms with Gasteiger partial charge in [-0.1, -0.05) is 0 Å². The van der Waals surface area contributed by atoms with E-state index in [2.05, 4.69) is 0 Å². The highest BCUT2D eigenvalue weighted by molar-refractivity contribution is 5.94. The molecule has 0 unspecified atom stereocenters. The van der Waals surface area contributed by atoms with E-state index in [0.29, 0.717) is 6.20 Å². The Morgan fingerprint density at radius 2 is 2.07 bits per heavy atom. The van der Waals surface area contributed by atoms with Crippen molar-refractivity contribution in [1.29, 1.82) is 0 Å². The van der Waals surface area contributed by atoms with Gasteiger partial charge in [0.25, 0.3) is 0 Å². The highest BCUT2D eigenvalue weighted by Crippen LogP contribution is 1.98. The average molecular weight is 203 g/mol. The second kappa shape index (κ2) is 5.81. The van der Waals surface area contributed by atoms with E-state index in [1.807, 2.05) is 0 Å². The molecule has 0 aromatic rings. The topological polar surface area (TPSA) is 118 Å². The van der Waals surface area contributed by atoms with Crippen LogP contribution in [0.4, 0.5) is 0 Å². The Morgan fingerprint density at radius 1 is 1.50 bits per heavy atom. The van der Waals surface area contributed by atoms with Gasteiger partial charge in [0, 0.05) is 12.5 Å². The van der Waals surface area contributed by atoms with Gasteiger partial charge in [0.2, 0.25) is 6.20 Å². The van der Waals surface area contributed by atoms with Gasteiger partial charge in [-0.3, -0.25) is 19.7 Å². The fourth-order valence-electron chi connectivity index (χ4n) is 0.712. The summed E-state index contributed by atoms with van der Waals surface area (Å²) in [6.45, 7) is 0. The van der Waals surface area contributed by atoms with E-state index in [1.165, 1.54) is 0 Å². The van der Waals surface area contributed by atoms with Crippen LogP contribution < -0.4 is 0 Å². The van der Waals surface area contributed by atoms with Crippen LogP contribution in [0, 0.1) is 10.1 Å². The van der Waals surface area contributed by atoms with Crippen LogP contribution in [0.15, 0.2) is 12.3 Å². The third-order valence-corrected chi connectivity index (χ3v) is 1.22. The van der Waals surface area contributed by atoms with Gasteiger partial charge in [-0.2, -0.15) is 0 Å². The number of carbonyl (C=O) groups excluding carboxylic acids is 1. The Kier molecular flexibility index (Phi) is 5.08. The molecule has 0 heterocycles. The van der Waals surface area contributed by atoms with Crippen LogP contribution in [0.2, 0.25) is 0 Å². The van der Waals surface area contributed by atoms with Crippen molar-refractivity contribution in [3.05, 3.63) is 22.4 Å². The number of nitro groups is 1. The Hall–Kier alpha value is -1.76. The van der Waals surface area contributed by atoms with E-state index in [9.17, 15) is 19.7 Å². The van der Waals surface area contributed by atoms with Crippen molar-refractivity contribution >= 4 is 11.8 Å². The predicted molar refractivity (Wildman–Crippen MR) is 44.0 cm³/mol. The maximum absolute atomic E-state index is 10.8. The first-order valence-electron chi connectivity index (χ1n) is 3.65. The number of hydrogen-bond donors (Lipinski definition) is 2. The molecule has 1 atom stereocenters. The fourth-order valence-corrected chi connectivity index (χ4v) is 0.712. The van der Waals surface area contributed by atoms with Gasteiger partial charge in [0.1, 0.15) is 12.2 Å². The molecular formula is C7H9NO6. The number of aliphatic carboxylic acids is 1. The summed E-state index contributed by atoms with van der Waals surface area (Å²) in [5, 5.41) is 27.0. The fraction of sp³-hybridized carbons (Fsp3) is 0.429. The molecule has 14 heavy (non-hydrogen) atoms. The summed E-state index contributed by atoms with van der Waals surface area (Å²) >= 11 is 0. The third kappa shape index (κ3) is 6.92. The Morgan fingerprint density at radius 3 is 2.50 bits per heavy atom. The standard InChI is InChI=1S/C7H9NO6/c9-5(1-2-8(13)14)3-6(10)4-7(11)12/h1-2,5,9H,3-4H2,(H,11,12)/t5-/m1/s1. The van der Waals surface area contributed by atoms with E-state index in [-0.39, 0.29) is 0 Å². The highest BCUT2D eigenvalue weighted by atomic mass is 16.6. The lowest BCUT2D eigenvalue weighted by atomic mass is 10.1. The zero-order valence-electron chi connectivity index (χ0n) is 7.12. The second-order valence-corrected chi connectivity index (χ2v) is 2.51. The molecule has 7 heteroatoms. The lowest BCUT2D eigenvalue weighted by Gasteiger charge is -2.00. The Bertz CT molecular complexity index is 271. The van der Waals surface area contributed by atoms with Gasteiger partial charge >= 0.3 is 5.97 Å². The number of aliphatic hydroxyl groups excluding tert-OH is 1. The maximum Gasteiger partial charge on any atom is 0.310 e. The van der Waals surface area contributed by atoms with Crippen molar-refractivity contribution < 1.29 is 24.7 Å². The molecule has 0 aromatic carbocycles. The summed E-state index contributed by atoms with van der Waals surface area (Å²) in [5.41, 5.74) is 0. The highest BCUT2D eigenvalue weighted by Gasteiger charge is 2.12. The molecule has 0 spiro atoms. The number of aliphatic hydroxyl groups is 1. The molecule has 0 aromatic heterocycles. The van der Waals surface area contributed by atoms with Gasteiger partial charge in [-0.05, 0) is 0 Å². The van der Waals surface area contributed by atoms with Gasteiger partial charge in [0.05, 0.1) is 11.0 Å². The van der Waals surface area contributed by atoms with Gasteiger partial charge in [-0.25, -0.2) is 0 Å². The number of Topliss-reactive ketones (excluding diaryl/α,β-unsaturated/α-hetero) is 1. The van der Waals surface area contributed by atoms with Crippen molar-refractivity contribution in [2.75, 3.05) is 0 Å². The van der Waals surface area contributed by atoms with Crippen molar-refractivity contribution in [2.45, 2.75) is 18.9 Å². The summed E-state index contributed by atoms with van der Waals surface area (Å²) in [6.07, 6.45) is -1.12. The normalized spacial score (nSPS) is 12.6. The van der Waals surface area contributed by atoms with Gasteiger partial charge in [0.15, 0.2) is 0 Å². The van der Waals surface area contributed by atoms with E-state index < -0.39 is 35.6 Å². The minimum absolute atomic E-state index is 0.434. The average Bonchev–Trinajstić information content (AvgIpc) is 1.98. The summed E-state index contributed by atoms with van der Waals surface area (Å²) in [4.78, 5) is 29.8. The minimum Gasteiger partial charge on any atom is -0.481 e. The number of hydrogen-bond acceptors (Lipinski definition) is 5. The largest absolute Gasteiger partial charge is 0.481 e. The lowest BCUT2D eigenvalue weighted by Crippen LogP contribution is -2.14. The number of nitrogens with zero attached hydrogens (tertiary/aromatic N) is 1. The van der Waals surface area contributed by atoms with Crippen LogP contribution in [0.3, 0.4) is 0 Å². The summed E-state index contributed by atoms with van der Waals surface area (Å²) in [6, 6.07) is 0. The molecule has 0 amide bonds. The first kappa shape index (κ1) is 12.2. The molecule has 0 saturated carbocycles. The smallest absolute Gasteiger partial charge is 0.310 e. The number of carboxylic acid groups (broad SMARTS) is 1. The van der Waals surface area contributed by atoms with Gasteiger partial charge in [-0.15, -0.1) is 0 Å². The van der Waals surface area contributed by atoms with Crippen LogP contribution in [0.1, 0.15) is 12.8 Å². The van der Waals surface area contributed by atoms with Crippen LogP contribution in [-0.4, -0.2) is 33.0 Å². The van der Waals surface area contributed by atoms with E-state index in [1.54, 1.807) is 0 Å². The Labute approximate surface area is 78.8 Å². The molecule has 0 fully saturated rings. The predicted octanol–water partition coefficient (Wildman–Crippen LogP) is -0.428. The first-order valence-corrected chi connectivity index (χ1v) is 3.65. The quantitative estimate of drug-likeness (QED) is 0.343. The summed E-state index contributed by atoms with van der Waals surface area (Å²) in [5.74, 6) is -1.97. The van der Waals surface area contributed by atoms with E-state index in [4.69, 9.17) is 10.2 Å². The third-order valence-electron chi connectivity index (χ3n) is 1.22. The zero-order chi connectivity index (χ0) is 11.1. The molecule has 2 N–H and O–H groups in total. The molecule has 7 nitrogen and oxygen atoms in total.